The molecule has 0 saturated carbocycles. The molecule has 1 heterocycles. The third-order valence-corrected chi connectivity index (χ3v) is 5.26. The monoisotopic (exact) mass is 443 g/mol. The van der Waals surface area contributed by atoms with E-state index in [0.29, 0.717) is 32.0 Å². The Morgan fingerprint density at radius 1 is 1.19 bits per heavy atom. The smallest absolute Gasteiger partial charge is 0.309 e. The molecule has 1 saturated heterocycles. The molecule has 4 unspecified atom stereocenters. The molecule has 1 rings (SSSR count). The molecule has 0 aliphatic carbocycles. The highest BCUT2D eigenvalue weighted by atomic mass is 16.6. The Morgan fingerprint density at radius 3 is 2.52 bits per heavy atom. The van der Waals surface area contributed by atoms with Crippen LogP contribution in [0.15, 0.2) is 12.2 Å². The Bertz CT molecular complexity index is 536. The molecule has 0 radical (unpaired) electrons. The van der Waals surface area contributed by atoms with Gasteiger partial charge in [-0.1, -0.05) is 38.7 Å². The van der Waals surface area contributed by atoms with Crippen molar-refractivity contribution in [2.45, 2.75) is 77.9 Å². The fourth-order valence-electron chi connectivity index (χ4n) is 3.08. The molecular weight excluding hydrogens is 402 g/mol. The number of unbranched alkanes of at least 4 members (excludes halogenated alkanes) is 1. The molecule has 4 atom stereocenters. The van der Waals surface area contributed by atoms with Crippen LogP contribution < -0.4 is 5.90 Å². The summed E-state index contributed by atoms with van der Waals surface area (Å²) in [5, 5.41) is 0. The fraction of sp³-hybridized carbons (Fsp3) is 0.826. The minimum absolute atomic E-state index is 0.0164. The van der Waals surface area contributed by atoms with Crippen molar-refractivity contribution in [1.82, 2.24) is 0 Å². The van der Waals surface area contributed by atoms with E-state index < -0.39 is 24.0 Å². The lowest BCUT2D eigenvalue weighted by Crippen LogP contribution is -2.34. The van der Waals surface area contributed by atoms with E-state index in [0.717, 1.165) is 24.8 Å². The lowest BCUT2D eigenvalue weighted by Gasteiger charge is -2.22. The quantitative estimate of drug-likeness (QED) is 0.140. The largest absolute Gasteiger partial charge is 0.463 e. The standard InChI is InChI=1S/C23H41NO7/c1-5-7-8-18(6-2)12-27-13-21(16-30-24)31-23(26)19(10-9-17(3)4)11-22(25)29-15-20-14-28-20/h18-21H,3,5-16,24H2,1-2,4H3. The zero-order chi connectivity index (χ0) is 23.1. The second kappa shape index (κ2) is 16.2. The second-order valence-electron chi connectivity index (χ2n) is 8.38. The number of rotatable bonds is 19. The van der Waals surface area contributed by atoms with Crippen LogP contribution in [-0.4, -0.2) is 57.2 Å². The molecule has 0 bridgehead atoms. The number of hydrogen-bond acceptors (Lipinski definition) is 8. The van der Waals surface area contributed by atoms with E-state index in [4.69, 9.17) is 29.7 Å². The number of ether oxygens (including phenoxy) is 4. The van der Waals surface area contributed by atoms with Crippen LogP contribution in [0, 0.1) is 11.8 Å². The number of esters is 2. The average Bonchev–Trinajstić information content (AvgIpc) is 3.56. The van der Waals surface area contributed by atoms with Crippen LogP contribution in [0.1, 0.15) is 65.7 Å². The molecule has 0 amide bonds. The highest BCUT2D eigenvalue weighted by Gasteiger charge is 2.29. The molecule has 1 fully saturated rings. The second-order valence-corrected chi connectivity index (χ2v) is 8.38. The first-order chi connectivity index (χ1) is 14.9. The molecule has 8 nitrogen and oxygen atoms in total. The Labute approximate surface area is 186 Å². The fourth-order valence-corrected chi connectivity index (χ4v) is 3.08. The molecule has 31 heavy (non-hydrogen) atoms. The molecular formula is C23H41NO7. The van der Waals surface area contributed by atoms with E-state index in [9.17, 15) is 9.59 Å². The zero-order valence-electron chi connectivity index (χ0n) is 19.4. The summed E-state index contributed by atoms with van der Waals surface area (Å²) in [7, 11) is 0. The first-order valence-corrected chi connectivity index (χ1v) is 11.4. The lowest BCUT2D eigenvalue weighted by molar-refractivity contribution is -0.165. The highest BCUT2D eigenvalue weighted by molar-refractivity contribution is 5.80. The minimum atomic E-state index is -0.635. The Kier molecular flexibility index (Phi) is 14.4. The van der Waals surface area contributed by atoms with E-state index in [-0.39, 0.29) is 32.3 Å². The van der Waals surface area contributed by atoms with Crippen LogP contribution >= 0.6 is 0 Å². The van der Waals surface area contributed by atoms with Crippen molar-refractivity contribution < 1.29 is 33.4 Å². The summed E-state index contributed by atoms with van der Waals surface area (Å²) >= 11 is 0. The van der Waals surface area contributed by atoms with Gasteiger partial charge in [0.15, 0.2) is 6.10 Å². The van der Waals surface area contributed by atoms with E-state index in [1.54, 1.807) is 0 Å². The van der Waals surface area contributed by atoms with Crippen molar-refractivity contribution in [2.24, 2.45) is 17.7 Å². The first kappa shape index (κ1) is 27.6. The molecule has 1 aliphatic rings. The van der Waals surface area contributed by atoms with Gasteiger partial charge in [0, 0.05) is 6.61 Å². The maximum atomic E-state index is 12.8. The predicted octanol–water partition coefficient (Wildman–Crippen LogP) is 3.33. The lowest BCUT2D eigenvalue weighted by atomic mass is 9.97. The van der Waals surface area contributed by atoms with Crippen LogP contribution in [0.2, 0.25) is 0 Å². The molecule has 1 aliphatic heterocycles. The molecule has 0 aromatic rings. The highest BCUT2D eigenvalue weighted by Crippen LogP contribution is 2.20. The molecule has 2 N–H and O–H groups in total. The molecule has 8 heteroatoms. The van der Waals surface area contributed by atoms with Crippen LogP contribution in [0.3, 0.4) is 0 Å². The van der Waals surface area contributed by atoms with Crippen molar-refractivity contribution in [3.8, 4) is 0 Å². The van der Waals surface area contributed by atoms with Gasteiger partial charge in [-0.25, -0.2) is 5.90 Å². The molecule has 0 aromatic heterocycles. The number of nitrogens with two attached hydrogens (primary N) is 1. The van der Waals surface area contributed by atoms with Gasteiger partial charge in [0.25, 0.3) is 0 Å². The number of carbonyl (C=O) groups is 2. The average molecular weight is 444 g/mol. The van der Waals surface area contributed by atoms with Gasteiger partial charge in [-0.2, -0.15) is 0 Å². The first-order valence-electron chi connectivity index (χ1n) is 11.4. The number of carbonyl (C=O) groups excluding carboxylic acids is 2. The van der Waals surface area contributed by atoms with E-state index in [2.05, 4.69) is 20.4 Å². The summed E-state index contributed by atoms with van der Waals surface area (Å²) in [6.07, 6.45) is 4.83. The van der Waals surface area contributed by atoms with Gasteiger partial charge in [0.1, 0.15) is 19.3 Å². The minimum Gasteiger partial charge on any atom is -0.463 e. The van der Waals surface area contributed by atoms with Gasteiger partial charge in [0.2, 0.25) is 0 Å². The third-order valence-electron chi connectivity index (χ3n) is 5.26. The maximum Gasteiger partial charge on any atom is 0.309 e. The molecule has 0 aromatic carbocycles. The summed E-state index contributed by atoms with van der Waals surface area (Å²) in [6.45, 7) is 11.7. The molecule has 0 spiro atoms. The third kappa shape index (κ3) is 13.5. The SMILES string of the molecule is C=C(C)CCC(CC(=O)OCC1CO1)C(=O)OC(CON)COCC(CC)CCCC. The Morgan fingerprint density at radius 2 is 1.94 bits per heavy atom. The van der Waals surface area contributed by atoms with Gasteiger partial charge >= 0.3 is 11.9 Å². The number of epoxide rings is 1. The summed E-state index contributed by atoms with van der Waals surface area (Å²) < 4.78 is 21.6. The van der Waals surface area contributed by atoms with Crippen molar-refractivity contribution in [3.05, 3.63) is 12.2 Å². The normalized spacial score (nSPS) is 18.1. The number of allylic oxidation sites excluding steroid dienone is 1. The van der Waals surface area contributed by atoms with Crippen molar-refractivity contribution in [2.75, 3.05) is 33.0 Å². The Hall–Kier alpha value is -1.48. The van der Waals surface area contributed by atoms with Crippen LogP contribution in [0.5, 0.6) is 0 Å². The maximum absolute atomic E-state index is 12.8. The van der Waals surface area contributed by atoms with Gasteiger partial charge in [-0.15, -0.1) is 6.58 Å². The van der Waals surface area contributed by atoms with Crippen molar-refractivity contribution >= 4 is 11.9 Å². The number of hydrogen-bond donors (Lipinski definition) is 1. The van der Waals surface area contributed by atoms with Crippen LogP contribution in [-0.2, 0) is 33.4 Å². The summed E-state index contributed by atoms with van der Waals surface area (Å²) in [4.78, 5) is 29.6. The summed E-state index contributed by atoms with van der Waals surface area (Å²) in [5.74, 6) is 4.14. The van der Waals surface area contributed by atoms with Gasteiger partial charge in [-0.05, 0) is 32.1 Å². The summed E-state index contributed by atoms with van der Waals surface area (Å²) in [5.41, 5.74) is 0.931. The van der Waals surface area contributed by atoms with Crippen LogP contribution in [0.25, 0.3) is 0 Å². The predicted molar refractivity (Wildman–Crippen MR) is 117 cm³/mol. The van der Waals surface area contributed by atoms with Gasteiger partial charge in [0.05, 0.1) is 25.6 Å². The zero-order valence-corrected chi connectivity index (χ0v) is 19.4. The van der Waals surface area contributed by atoms with Crippen molar-refractivity contribution in [1.29, 1.82) is 0 Å². The van der Waals surface area contributed by atoms with E-state index in [1.165, 1.54) is 6.42 Å². The van der Waals surface area contributed by atoms with Gasteiger partial charge in [-0.3, -0.25) is 9.59 Å². The summed E-state index contributed by atoms with van der Waals surface area (Å²) in [6, 6.07) is 0. The van der Waals surface area contributed by atoms with Gasteiger partial charge < -0.3 is 23.8 Å². The topological polar surface area (TPSA) is 110 Å². The van der Waals surface area contributed by atoms with Crippen LogP contribution in [0.4, 0.5) is 0 Å². The van der Waals surface area contributed by atoms with E-state index in [1.807, 2.05) is 6.92 Å². The van der Waals surface area contributed by atoms with E-state index >= 15 is 0 Å². The van der Waals surface area contributed by atoms with Crippen molar-refractivity contribution in [3.63, 3.8) is 0 Å². The molecule has 180 valence electrons. The Balaban J connectivity index is 2.55.